The lowest BCUT2D eigenvalue weighted by Crippen LogP contribution is -2.61. The standard InChI is InChI=1S/C16H18N2O4/c1-8(19)13-12-6-11(10-4-2-9(7-17)3-5-10)14(16(21)22)18(12)15(13)20/h2-5,8,12-13,19H,6-7,17H2,1H3,(H,21,22)/t8?,12-,13?/m1/s1. The molecule has 4 N–H and O–H groups in total. The predicted molar refractivity (Wildman–Crippen MR) is 79.3 cm³/mol. The topological polar surface area (TPSA) is 104 Å². The van der Waals surface area contributed by atoms with Gasteiger partial charge in [-0.25, -0.2) is 4.79 Å². The molecule has 3 atom stereocenters. The SMILES string of the molecule is CC(O)C1C(=O)N2C(C(=O)O)=C(c3ccc(CN)cc3)C[C@H]12. The van der Waals surface area contributed by atoms with Gasteiger partial charge >= 0.3 is 5.97 Å². The maximum atomic E-state index is 12.1. The van der Waals surface area contributed by atoms with Crippen molar-refractivity contribution >= 4 is 17.4 Å². The van der Waals surface area contributed by atoms with Gasteiger partial charge in [-0.05, 0) is 30.0 Å². The van der Waals surface area contributed by atoms with Gasteiger partial charge in [-0.3, -0.25) is 4.79 Å². The van der Waals surface area contributed by atoms with E-state index in [2.05, 4.69) is 0 Å². The van der Waals surface area contributed by atoms with Crippen LogP contribution in [0, 0.1) is 5.92 Å². The van der Waals surface area contributed by atoms with Crippen LogP contribution >= 0.6 is 0 Å². The van der Waals surface area contributed by atoms with E-state index >= 15 is 0 Å². The number of fused-ring (bicyclic) bond motifs is 1. The molecule has 1 amide bonds. The van der Waals surface area contributed by atoms with Crippen LogP contribution in [0.25, 0.3) is 5.57 Å². The van der Waals surface area contributed by atoms with Gasteiger partial charge in [-0.15, -0.1) is 0 Å². The summed E-state index contributed by atoms with van der Waals surface area (Å²) in [6.07, 6.45) is -0.326. The van der Waals surface area contributed by atoms with E-state index in [1.165, 1.54) is 4.90 Å². The number of carboxylic acid groups (broad SMARTS) is 1. The number of carbonyl (C=O) groups is 2. The van der Waals surface area contributed by atoms with Crippen LogP contribution in [0.4, 0.5) is 0 Å². The van der Waals surface area contributed by atoms with Crippen molar-refractivity contribution in [3.63, 3.8) is 0 Å². The van der Waals surface area contributed by atoms with Gasteiger partial charge < -0.3 is 20.8 Å². The van der Waals surface area contributed by atoms with Crippen LogP contribution in [0.3, 0.4) is 0 Å². The van der Waals surface area contributed by atoms with Gasteiger partial charge in [-0.1, -0.05) is 24.3 Å². The number of aliphatic hydroxyl groups is 1. The summed E-state index contributed by atoms with van der Waals surface area (Å²) in [6, 6.07) is 7.10. The Hall–Kier alpha value is -2.18. The zero-order valence-electron chi connectivity index (χ0n) is 12.2. The van der Waals surface area contributed by atoms with Gasteiger partial charge in [0.1, 0.15) is 5.70 Å². The first-order valence-electron chi connectivity index (χ1n) is 7.22. The van der Waals surface area contributed by atoms with Crippen LogP contribution in [0.15, 0.2) is 30.0 Å². The van der Waals surface area contributed by atoms with E-state index in [0.29, 0.717) is 18.5 Å². The van der Waals surface area contributed by atoms with Crippen LogP contribution in [-0.4, -0.2) is 39.1 Å². The lowest BCUT2D eigenvalue weighted by molar-refractivity contribution is -0.161. The average Bonchev–Trinajstić information content (AvgIpc) is 2.82. The Labute approximate surface area is 127 Å². The summed E-state index contributed by atoms with van der Waals surface area (Å²) in [6.45, 7) is 1.98. The molecule has 1 aromatic rings. The summed E-state index contributed by atoms with van der Waals surface area (Å²) in [5, 5.41) is 19.2. The molecule has 1 fully saturated rings. The van der Waals surface area contributed by atoms with Gasteiger partial charge in [0.25, 0.3) is 0 Å². The highest BCUT2D eigenvalue weighted by Gasteiger charge is 2.56. The number of nitrogens with zero attached hydrogens (tertiary/aromatic N) is 1. The van der Waals surface area contributed by atoms with Crippen LogP contribution < -0.4 is 5.73 Å². The van der Waals surface area contributed by atoms with Gasteiger partial charge in [0.05, 0.1) is 18.1 Å². The molecule has 3 rings (SSSR count). The highest BCUT2D eigenvalue weighted by Crippen LogP contribution is 2.46. The molecule has 0 saturated carbocycles. The molecule has 0 radical (unpaired) electrons. The summed E-state index contributed by atoms with van der Waals surface area (Å²) in [5.74, 6) is -1.95. The Morgan fingerprint density at radius 1 is 1.41 bits per heavy atom. The van der Waals surface area contributed by atoms with Crippen molar-refractivity contribution in [3.05, 3.63) is 41.1 Å². The maximum absolute atomic E-state index is 12.1. The Balaban J connectivity index is 1.99. The van der Waals surface area contributed by atoms with Crippen LogP contribution in [0.5, 0.6) is 0 Å². The fourth-order valence-electron chi connectivity index (χ4n) is 3.37. The van der Waals surface area contributed by atoms with Crippen LogP contribution in [-0.2, 0) is 16.1 Å². The largest absolute Gasteiger partial charge is 0.477 e. The van der Waals surface area contributed by atoms with E-state index in [1.54, 1.807) is 6.92 Å². The van der Waals surface area contributed by atoms with E-state index in [1.807, 2.05) is 24.3 Å². The van der Waals surface area contributed by atoms with Crippen molar-refractivity contribution in [2.75, 3.05) is 0 Å². The van der Waals surface area contributed by atoms with Gasteiger partial charge in [0.15, 0.2) is 0 Å². The Morgan fingerprint density at radius 2 is 2.05 bits per heavy atom. The zero-order valence-corrected chi connectivity index (χ0v) is 12.2. The third kappa shape index (κ3) is 2.03. The monoisotopic (exact) mass is 302 g/mol. The number of carboxylic acids is 1. The second-order valence-corrected chi connectivity index (χ2v) is 5.78. The van der Waals surface area contributed by atoms with Crippen molar-refractivity contribution in [1.82, 2.24) is 4.90 Å². The normalized spacial score (nSPS) is 25.0. The number of aliphatic carboxylic acids is 1. The number of β-lactam (4-membered cyclic amide) rings is 1. The van der Waals surface area contributed by atoms with E-state index in [-0.39, 0.29) is 17.6 Å². The van der Waals surface area contributed by atoms with Crippen LogP contribution in [0.1, 0.15) is 24.5 Å². The highest BCUT2D eigenvalue weighted by atomic mass is 16.4. The molecule has 0 aromatic heterocycles. The minimum Gasteiger partial charge on any atom is -0.477 e. The van der Waals surface area contributed by atoms with E-state index in [0.717, 1.165) is 11.1 Å². The summed E-state index contributed by atoms with van der Waals surface area (Å²) in [7, 11) is 0. The fourth-order valence-corrected chi connectivity index (χ4v) is 3.37. The quantitative estimate of drug-likeness (QED) is 0.705. The van der Waals surface area contributed by atoms with Gasteiger partial charge in [0.2, 0.25) is 5.91 Å². The first-order chi connectivity index (χ1) is 10.5. The maximum Gasteiger partial charge on any atom is 0.352 e. The summed E-state index contributed by atoms with van der Waals surface area (Å²) in [4.78, 5) is 25.0. The summed E-state index contributed by atoms with van der Waals surface area (Å²) in [5.41, 5.74) is 7.97. The molecule has 2 heterocycles. The minimum atomic E-state index is -1.11. The molecular weight excluding hydrogens is 284 g/mol. The molecule has 6 nitrogen and oxygen atoms in total. The molecule has 0 bridgehead atoms. The van der Waals surface area contributed by atoms with Crippen molar-refractivity contribution in [2.24, 2.45) is 11.7 Å². The lowest BCUT2D eigenvalue weighted by Gasteiger charge is -2.44. The first-order valence-corrected chi connectivity index (χ1v) is 7.22. The highest BCUT2D eigenvalue weighted by molar-refractivity contribution is 6.06. The number of amides is 1. The third-order valence-electron chi connectivity index (χ3n) is 4.47. The van der Waals surface area contributed by atoms with E-state index in [4.69, 9.17) is 5.73 Å². The molecule has 2 unspecified atom stereocenters. The number of nitrogens with two attached hydrogens (primary N) is 1. The Morgan fingerprint density at radius 3 is 2.55 bits per heavy atom. The average molecular weight is 302 g/mol. The number of aliphatic hydroxyl groups excluding tert-OH is 1. The molecule has 1 saturated heterocycles. The second-order valence-electron chi connectivity index (χ2n) is 5.78. The zero-order chi connectivity index (χ0) is 16.0. The van der Waals surface area contributed by atoms with E-state index < -0.39 is 18.0 Å². The first kappa shape index (κ1) is 14.7. The number of benzene rings is 1. The molecule has 1 aromatic carbocycles. The Bertz CT molecular complexity index is 663. The summed E-state index contributed by atoms with van der Waals surface area (Å²) >= 11 is 0. The van der Waals surface area contributed by atoms with Crippen LogP contribution in [0.2, 0.25) is 0 Å². The van der Waals surface area contributed by atoms with Crippen molar-refractivity contribution in [3.8, 4) is 0 Å². The second kappa shape index (κ2) is 5.23. The fraction of sp³-hybridized carbons (Fsp3) is 0.375. The smallest absolute Gasteiger partial charge is 0.352 e. The molecule has 6 heteroatoms. The van der Waals surface area contributed by atoms with Gasteiger partial charge in [0, 0.05) is 6.54 Å². The molecule has 22 heavy (non-hydrogen) atoms. The van der Waals surface area contributed by atoms with E-state index in [9.17, 15) is 19.8 Å². The molecule has 116 valence electrons. The molecule has 2 aliphatic heterocycles. The summed E-state index contributed by atoms with van der Waals surface area (Å²) < 4.78 is 0. The number of hydrogen-bond acceptors (Lipinski definition) is 4. The molecule has 0 aliphatic carbocycles. The minimum absolute atomic E-state index is 0.0346. The lowest BCUT2D eigenvalue weighted by atomic mass is 9.82. The van der Waals surface area contributed by atoms with Crippen molar-refractivity contribution < 1.29 is 19.8 Å². The van der Waals surface area contributed by atoms with Crippen molar-refractivity contribution in [2.45, 2.75) is 32.0 Å². The number of hydrogen-bond donors (Lipinski definition) is 3. The number of carbonyl (C=O) groups excluding carboxylic acids is 1. The third-order valence-corrected chi connectivity index (χ3v) is 4.47. The van der Waals surface area contributed by atoms with Crippen molar-refractivity contribution in [1.29, 1.82) is 0 Å². The molecule has 2 aliphatic rings. The molecular formula is C16H18N2O4. The predicted octanol–water partition coefficient (Wildman–Crippen LogP) is 0.552. The Kier molecular flexibility index (Phi) is 3.50. The molecule has 0 spiro atoms. The van der Waals surface area contributed by atoms with Gasteiger partial charge in [-0.2, -0.15) is 0 Å². The number of rotatable bonds is 4.